The molecular weight excluding hydrogens is 372 g/mol. The van der Waals surface area contributed by atoms with Crippen LogP contribution in [0.1, 0.15) is 19.4 Å². The maximum Gasteiger partial charge on any atom is 0.307 e. The van der Waals surface area contributed by atoms with E-state index in [1.54, 1.807) is 13.1 Å². The number of hydrogen-bond donors (Lipinski definition) is 1. The highest BCUT2D eigenvalue weighted by molar-refractivity contribution is 7.89. The maximum absolute atomic E-state index is 12.5. The molecule has 0 amide bonds. The third-order valence-electron chi connectivity index (χ3n) is 3.84. The fraction of sp³-hybridized carbons (Fsp3) is 0.278. The molecule has 0 radical (unpaired) electrons. The van der Waals surface area contributed by atoms with Crippen molar-refractivity contribution in [3.8, 4) is 5.75 Å². The van der Waals surface area contributed by atoms with Crippen molar-refractivity contribution in [3.05, 3.63) is 57.7 Å². The van der Waals surface area contributed by atoms with Gasteiger partial charge in [0.25, 0.3) is 0 Å². The standard InChI is InChI=1S/C18H20N2O4S2/c1-12(2)24-14-6-4-13(5-7-14)11-19-26(22,23)15-8-9-16-17(10-15)25-18(21)20(16)3/h4-10,12,19H,11H2,1-3H3. The zero-order chi connectivity index (χ0) is 18.9. The molecule has 0 aliphatic carbocycles. The highest BCUT2D eigenvalue weighted by Crippen LogP contribution is 2.21. The van der Waals surface area contributed by atoms with Gasteiger partial charge in [-0.2, -0.15) is 0 Å². The number of fused-ring (bicyclic) bond motifs is 1. The van der Waals surface area contributed by atoms with Gasteiger partial charge in [0.2, 0.25) is 10.0 Å². The highest BCUT2D eigenvalue weighted by atomic mass is 32.2. The second-order valence-corrected chi connectivity index (χ2v) is 8.95. The molecule has 0 fully saturated rings. The second-order valence-electron chi connectivity index (χ2n) is 6.19. The summed E-state index contributed by atoms with van der Waals surface area (Å²) in [5, 5.41) is 0. The maximum atomic E-state index is 12.5. The molecule has 8 heteroatoms. The van der Waals surface area contributed by atoms with Crippen LogP contribution in [0.5, 0.6) is 5.75 Å². The van der Waals surface area contributed by atoms with E-state index in [-0.39, 0.29) is 22.4 Å². The fourth-order valence-electron chi connectivity index (χ4n) is 2.50. The average molecular weight is 393 g/mol. The first-order chi connectivity index (χ1) is 12.3. The van der Waals surface area contributed by atoms with Crippen molar-refractivity contribution in [1.29, 1.82) is 0 Å². The van der Waals surface area contributed by atoms with E-state index in [2.05, 4.69) is 4.72 Å². The van der Waals surface area contributed by atoms with Crippen LogP contribution in [0.4, 0.5) is 0 Å². The smallest absolute Gasteiger partial charge is 0.307 e. The molecule has 6 nitrogen and oxygen atoms in total. The van der Waals surface area contributed by atoms with Crippen LogP contribution < -0.4 is 14.3 Å². The molecule has 1 N–H and O–H groups in total. The van der Waals surface area contributed by atoms with Gasteiger partial charge in [-0.05, 0) is 49.7 Å². The van der Waals surface area contributed by atoms with E-state index in [1.165, 1.54) is 16.7 Å². The van der Waals surface area contributed by atoms with E-state index >= 15 is 0 Å². The molecule has 0 saturated heterocycles. The lowest BCUT2D eigenvalue weighted by Crippen LogP contribution is -2.23. The molecule has 2 aromatic carbocycles. The number of nitrogens with one attached hydrogen (secondary N) is 1. The van der Waals surface area contributed by atoms with Gasteiger partial charge in [-0.1, -0.05) is 23.5 Å². The van der Waals surface area contributed by atoms with Crippen LogP contribution in [0.2, 0.25) is 0 Å². The molecule has 0 atom stereocenters. The number of benzene rings is 2. The Balaban J connectivity index is 1.75. The molecule has 0 saturated carbocycles. The minimum atomic E-state index is -3.67. The summed E-state index contributed by atoms with van der Waals surface area (Å²) in [6, 6.07) is 12.0. The molecular formula is C18H20N2O4S2. The Morgan fingerprint density at radius 2 is 1.85 bits per heavy atom. The van der Waals surface area contributed by atoms with Gasteiger partial charge < -0.3 is 9.30 Å². The van der Waals surface area contributed by atoms with Gasteiger partial charge in [0.15, 0.2) is 0 Å². The van der Waals surface area contributed by atoms with Crippen LogP contribution in [-0.2, 0) is 23.6 Å². The van der Waals surface area contributed by atoms with Crippen LogP contribution in [0, 0.1) is 0 Å². The number of ether oxygens (including phenoxy) is 1. The molecule has 0 aliphatic rings. The zero-order valence-electron chi connectivity index (χ0n) is 14.7. The molecule has 1 heterocycles. The predicted molar refractivity (Wildman–Crippen MR) is 103 cm³/mol. The molecule has 26 heavy (non-hydrogen) atoms. The number of sulfonamides is 1. The zero-order valence-corrected chi connectivity index (χ0v) is 16.4. The molecule has 0 unspecified atom stereocenters. The SMILES string of the molecule is CC(C)Oc1ccc(CNS(=O)(=O)c2ccc3c(c2)sc(=O)n3C)cc1. The van der Waals surface area contributed by atoms with Crippen LogP contribution in [0.3, 0.4) is 0 Å². The molecule has 0 bridgehead atoms. The number of rotatable bonds is 6. The summed E-state index contributed by atoms with van der Waals surface area (Å²) in [7, 11) is -2.00. The first-order valence-corrected chi connectivity index (χ1v) is 10.4. The summed E-state index contributed by atoms with van der Waals surface area (Å²) in [4.78, 5) is 11.7. The Morgan fingerprint density at radius 3 is 2.50 bits per heavy atom. The van der Waals surface area contributed by atoms with Gasteiger partial charge in [-0.3, -0.25) is 4.79 Å². The first-order valence-electron chi connectivity index (χ1n) is 8.11. The summed E-state index contributed by atoms with van der Waals surface area (Å²) in [6.45, 7) is 4.07. The third kappa shape index (κ3) is 3.98. The third-order valence-corrected chi connectivity index (χ3v) is 6.23. The highest BCUT2D eigenvalue weighted by Gasteiger charge is 2.16. The topological polar surface area (TPSA) is 77.4 Å². The fourth-order valence-corrected chi connectivity index (χ4v) is 4.54. The Morgan fingerprint density at radius 1 is 1.15 bits per heavy atom. The Kier molecular flexibility index (Phi) is 5.17. The van der Waals surface area contributed by atoms with E-state index < -0.39 is 10.0 Å². The lowest BCUT2D eigenvalue weighted by Gasteiger charge is -2.11. The van der Waals surface area contributed by atoms with Crippen LogP contribution in [0.25, 0.3) is 10.2 Å². The van der Waals surface area contributed by atoms with E-state index in [9.17, 15) is 13.2 Å². The Labute approximate surface area is 156 Å². The summed E-state index contributed by atoms with van der Waals surface area (Å²) >= 11 is 1.03. The van der Waals surface area contributed by atoms with Crippen molar-refractivity contribution >= 4 is 31.6 Å². The summed E-state index contributed by atoms with van der Waals surface area (Å²) in [6.07, 6.45) is 0.0861. The van der Waals surface area contributed by atoms with Crippen molar-refractivity contribution in [3.63, 3.8) is 0 Å². The molecule has 0 aliphatic heterocycles. The van der Waals surface area contributed by atoms with Crippen molar-refractivity contribution in [1.82, 2.24) is 9.29 Å². The second kappa shape index (κ2) is 7.22. The van der Waals surface area contributed by atoms with E-state index in [4.69, 9.17) is 4.74 Å². The van der Waals surface area contributed by atoms with Gasteiger partial charge in [0.1, 0.15) is 5.75 Å². The van der Waals surface area contributed by atoms with Gasteiger partial charge in [-0.15, -0.1) is 0 Å². The normalized spacial score (nSPS) is 12.0. The van der Waals surface area contributed by atoms with E-state index in [0.29, 0.717) is 4.70 Å². The molecule has 3 aromatic rings. The summed E-state index contributed by atoms with van der Waals surface area (Å²) < 4.78 is 35.4. The Hall–Kier alpha value is -2.16. The predicted octanol–water partition coefficient (Wildman–Crippen LogP) is 2.87. The van der Waals surface area contributed by atoms with Gasteiger partial charge in [0.05, 0.1) is 21.2 Å². The molecule has 3 rings (SSSR count). The largest absolute Gasteiger partial charge is 0.491 e. The van der Waals surface area contributed by atoms with Crippen molar-refractivity contribution in [2.45, 2.75) is 31.4 Å². The van der Waals surface area contributed by atoms with Crippen molar-refractivity contribution in [2.75, 3.05) is 0 Å². The quantitative estimate of drug-likeness (QED) is 0.700. The van der Waals surface area contributed by atoms with Gasteiger partial charge in [0, 0.05) is 13.6 Å². The lowest BCUT2D eigenvalue weighted by molar-refractivity contribution is 0.242. The monoisotopic (exact) mass is 392 g/mol. The van der Waals surface area contributed by atoms with Gasteiger partial charge in [-0.25, -0.2) is 13.1 Å². The number of aryl methyl sites for hydroxylation is 1. The minimum absolute atomic E-state index is 0.0861. The van der Waals surface area contributed by atoms with Crippen molar-refractivity contribution < 1.29 is 13.2 Å². The number of thiazole rings is 1. The van der Waals surface area contributed by atoms with Crippen LogP contribution in [-0.4, -0.2) is 19.1 Å². The number of hydrogen-bond acceptors (Lipinski definition) is 5. The van der Waals surface area contributed by atoms with Crippen LogP contribution >= 0.6 is 11.3 Å². The van der Waals surface area contributed by atoms with Gasteiger partial charge >= 0.3 is 4.87 Å². The lowest BCUT2D eigenvalue weighted by atomic mass is 10.2. The average Bonchev–Trinajstić information content (AvgIpc) is 2.88. The van der Waals surface area contributed by atoms with Crippen LogP contribution in [0.15, 0.2) is 52.2 Å². The Bertz CT molecular complexity index is 1080. The molecule has 1 aromatic heterocycles. The summed E-state index contributed by atoms with van der Waals surface area (Å²) in [5.74, 6) is 0.746. The van der Waals surface area contributed by atoms with E-state index in [0.717, 1.165) is 28.2 Å². The minimum Gasteiger partial charge on any atom is -0.491 e. The molecule has 138 valence electrons. The summed E-state index contributed by atoms with van der Waals surface area (Å²) in [5.41, 5.74) is 1.55. The first kappa shape index (κ1) is 18.6. The number of nitrogens with zero attached hydrogens (tertiary/aromatic N) is 1. The van der Waals surface area contributed by atoms with Crippen molar-refractivity contribution in [2.24, 2.45) is 7.05 Å². The molecule has 0 spiro atoms. The van der Waals surface area contributed by atoms with E-state index in [1.807, 2.05) is 38.1 Å². The number of aromatic nitrogens is 1.